The summed E-state index contributed by atoms with van der Waals surface area (Å²) >= 11 is 0. The van der Waals surface area contributed by atoms with Gasteiger partial charge in [0, 0.05) is 42.5 Å². The van der Waals surface area contributed by atoms with E-state index in [0.717, 1.165) is 36.6 Å². The van der Waals surface area contributed by atoms with Gasteiger partial charge in [0.2, 0.25) is 5.88 Å². The number of piperazine rings is 1. The van der Waals surface area contributed by atoms with E-state index in [9.17, 15) is 4.79 Å². The van der Waals surface area contributed by atoms with Gasteiger partial charge in [-0.25, -0.2) is 0 Å². The molecule has 170 valence electrons. The zero-order chi connectivity index (χ0) is 22.8. The van der Waals surface area contributed by atoms with E-state index < -0.39 is 0 Å². The number of carbonyl (C=O) groups excluding carboxylic acids is 1. The number of hydrogen-bond acceptors (Lipinski definition) is 6. The highest BCUT2D eigenvalue weighted by Gasteiger charge is 2.34. The van der Waals surface area contributed by atoms with Crippen LogP contribution in [0, 0.1) is 5.92 Å². The topological polar surface area (TPSA) is 62.8 Å². The predicted molar refractivity (Wildman–Crippen MR) is 129 cm³/mol. The van der Waals surface area contributed by atoms with Crippen LogP contribution >= 0.6 is 0 Å². The highest BCUT2D eigenvalue weighted by Crippen LogP contribution is 2.36. The third-order valence-corrected chi connectivity index (χ3v) is 6.68. The number of rotatable bonds is 6. The number of benzene rings is 2. The minimum absolute atomic E-state index is 0.232. The van der Waals surface area contributed by atoms with Crippen molar-refractivity contribution in [1.29, 1.82) is 0 Å². The number of ether oxygens (including phenoxy) is 2. The first-order valence-corrected chi connectivity index (χ1v) is 11.4. The van der Waals surface area contributed by atoms with Gasteiger partial charge in [-0.15, -0.1) is 0 Å². The molecule has 0 radical (unpaired) electrons. The van der Waals surface area contributed by atoms with Crippen LogP contribution in [0.4, 0.5) is 5.69 Å². The number of anilines is 1. The number of cyclic esters (lactones) is 1. The number of allylic oxidation sites excluding steroid dienone is 3. The van der Waals surface area contributed by atoms with Crippen molar-refractivity contribution in [2.45, 2.75) is 19.0 Å². The normalized spacial score (nSPS) is 23.3. The van der Waals surface area contributed by atoms with Gasteiger partial charge in [-0.1, -0.05) is 54.6 Å². The molecule has 0 saturated carbocycles. The molecule has 2 aliphatic heterocycles. The molecule has 3 aliphatic rings. The highest BCUT2D eigenvalue weighted by molar-refractivity contribution is 5.85. The zero-order valence-corrected chi connectivity index (χ0v) is 19.0. The first-order valence-electron chi connectivity index (χ1n) is 11.4. The van der Waals surface area contributed by atoms with E-state index in [1.807, 2.05) is 48.6 Å². The average molecular weight is 444 g/mol. The molecule has 0 amide bonds. The van der Waals surface area contributed by atoms with Gasteiger partial charge in [0.25, 0.3) is 0 Å². The van der Waals surface area contributed by atoms with E-state index in [0.29, 0.717) is 5.88 Å². The maximum absolute atomic E-state index is 12.1. The Morgan fingerprint density at radius 1 is 1.15 bits per heavy atom. The predicted octanol–water partition coefficient (Wildman–Crippen LogP) is 4.33. The molecule has 2 aromatic rings. The number of esters is 1. The first kappa shape index (κ1) is 21.5. The van der Waals surface area contributed by atoms with E-state index >= 15 is 0 Å². The second-order valence-electron chi connectivity index (χ2n) is 8.55. The molecular formula is C27H29N3O3. The number of methoxy groups -OCH3 is 1. The molecule has 1 fully saturated rings. The van der Waals surface area contributed by atoms with Crippen molar-refractivity contribution in [2.75, 3.05) is 32.1 Å². The van der Waals surface area contributed by atoms with Gasteiger partial charge in [0.05, 0.1) is 13.2 Å². The van der Waals surface area contributed by atoms with Crippen LogP contribution in [0.15, 0.2) is 84.3 Å². The second-order valence-corrected chi connectivity index (χ2v) is 8.55. The van der Waals surface area contributed by atoms with Crippen molar-refractivity contribution < 1.29 is 14.3 Å². The molecule has 3 unspecified atom stereocenters. The quantitative estimate of drug-likeness (QED) is 0.649. The summed E-state index contributed by atoms with van der Waals surface area (Å²) in [4.78, 5) is 14.6. The number of carbonyl (C=O) groups is 1. The van der Waals surface area contributed by atoms with Gasteiger partial charge in [-0.05, 0) is 30.7 Å². The van der Waals surface area contributed by atoms with Crippen LogP contribution in [-0.2, 0) is 9.53 Å². The molecule has 6 nitrogen and oxygen atoms in total. The summed E-state index contributed by atoms with van der Waals surface area (Å²) in [6.45, 7) is 5.05. The summed E-state index contributed by atoms with van der Waals surface area (Å²) in [6, 6.07) is 17.1. The molecule has 3 atom stereocenters. The SMILES string of the molecule is COc1ccccc1C1CNCCN1C(C)c1ccc(NC2=C3C=CC=CC3C(=O)O2)cc1. The Morgan fingerprint density at radius 3 is 2.79 bits per heavy atom. The largest absolute Gasteiger partial charge is 0.496 e. The Morgan fingerprint density at radius 2 is 1.97 bits per heavy atom. The van der Waals surface area contributed by atoms with Crippen molar-refractivity contribution in [1.82, 2.24) is 10.2 Å². The molecule has 0 aromatic heterocycles. The third kappa shape index (κ3) is 4.19. The molecule has 2 heterocycles. The Labute approximate surface area is 194 Å². The molecule has 0 spiro atoms. The number of nitrogens with one attached hydrogen (secondary N) is 2. The Balaban J connectivity index is 1.34. The minimum atomic E-state index is -0.309. The third-order valence-electron chi connectivity index (χ3n) is 6.68. The van der Waals surface area contributed by atoms with E-state index in [4.69, 9.17) is 9.47 Å². The lowest BCUT2D eigenvalue weighted by Crippen LogP contribution is -2.47. The van der Waals surface area contributed by atoms with E-state index in [1.54, 1.807) is 7.11 Å². The molecule has 0 bridgehead atoms. The lowest BCUT2D eigenvalue weighted by molar-refractivity contribution is -0.138. The molecule has 1 aliphatic carbocycles. The second kappa shape index (κ2) is 9.25. The van der Waals surface area contributed by atoms with Crippen molar-refractivity contribution in [3.63, 3.8) is 0 Å². The minimum Gasteiger partial charge on any atom is -0.496 e. The summed E-state index contributed by atoms with van der Waals surface area (Å²) in [5, 5.41) is 6.81. The van der Waals surface area contributed by atoms with E-state index in [-0.39, 0.29) is 24.0 Å². The molecule has 5 rings (SSSR count). The molecule has 2 aromatic carbocycles. The van der Waals surface area contributed by atoms with Gasteiger partial charge in [0.15, 0.2) is 0 Å². The van der Waals surface area contributed by atoms with Gasteiger partial charge in [-0.3, -0.25) is 9.69 Å². The molecule has 6 heteroatoms. The maximum atomic E-state index is 12.1. The summed E-state index contributed by atoms with van der Waals surface area (Å²) < 4.78 is 11.1. The van der Waals surface area contributed by atoms with Gasteiger partial charge >= 0.3 is 5.97 Å². The molecular weight excluding hydrogens is 414 g/mol. The maximum Gasteiger partial charge on any atom is 0.324 e. The fourth-order valence-corrected chi connectivity index (χ4v) is 4.87. The summed E-state index contributed by atoms with van der Waals surface area (Å²) in [6.07, 6.45) is 7.59. The fourth-order valence-electron chi connectivity index (χ4n) is 4.87. The van der Waals surface area contributed by atoms with Crippen LogP contribution in [-0.4, -0.2) is 37.6 Å². The lowest BCUT2D eigenvalue weighted by Gasteiger charge is -2.41. The Bertz CT molecular complexity index is 1120. The van der Waals surface area contributed by atoms with Crippen LogP contribution in [0.3, 0.4) is 0 Å². The summed E-state index contributed by atoms with van der Waals surface area (Å²) in [5.74, 6) is 0.897. The van der Waals surface area contributed by atoms with Crippen molar-refractivity contribution in [2.24, 2.45) is 5.92 Å². The van der Waals surface area contributed by atoms with Crippen LogP contribution in [0.5, 0.6) is 5.75 Å². The number of hydrogen-bond donors (Lipinski definition) is 2. The fraction of sp³-hybridized carbons (Fsp3) is 0.296. The van der Waals surface area contributed by atoms with Crippen LogP contribution in [0.1, 0.15) is 30.1 Å². The standard InChI is InChI=1S/C27H29N3O3/c1-18(30-16-15-28-17-24(30)23-9-5-6-10-25(23)32-2)19-11-13-20(14-12-19)29-26-21-7-3-4-8-22(21)27(31)33-26/h3-14,18,22,24,28-29H,15-17H2,1-2H3. The molecule has 2 N–H and O–H groups in total. The number of nitrogens with zero attached hydrogens (tertiary/aromatic N) is 1. The van der Waals surface area contributed by atoms with Crippen LogP contribution in [0.25, 0.3) is 0 Å². The number of fused-ring (bicyclic) bond motifs is 1. The van der Waals surface area contributed by atoms with E-state index in [1.165, 1.54) is 11.1 Å². The first-order chi connectivity index (χ1) is 16.2. The highest BCUT2D eigenvalue weighted by atomic mass is 16.6. The monoisotopic (exact) mass is 443 g/mol. The molecule has 33 heavy (non-hydrogen) atoms. The van der Waals surface area contributed by atoms with Gasteiger partial charge < -0.3 is 20.1 Å². The Hall–Kier alpha value is -3.35. The Kier molecular flexibility index (Phi) is 6.03. The van der Waals surface area contributed by atoms with Crippen molar-refractivity contribution >= 4 is 11.7 Å². The number of para-hydroxylation sites is 1. The molecule has 1 saturated heterocycles. The zero-order valence-electron chi connectivity index (χ0n) is 19.0. The van der Waals surface area contributed by atoms with Crippen molar-refractivity contribution in [3.05, 3.63) is 95.4 Å². The lowest BCUT2D eigenvalue weighted by atomic mass is 9.96. The van der Waals surface area contributed by atoms with E-state index in [2.05, 4.69) is 46.7 Å². The van der Waals surface area contributed by atoms with Gasteiger partial charge in [-0.2, -0.15) is 0 Å². The average Bonchev–Trinajstić information content (AvgIpc) is 3.19. The van der Waals surface area contributed by atoms with Crippen molar-refractivity contribution in [3.8, 4) is 5.75 Å². The van der Waals surface area contributed by atoms with Crippen LogP contribution < -0.4 is 15.4 Å². The smallest absolute Gasteiger partial charge is 0.324 e. The van der Waals surface area contributed by atoms with Crippen LogP contribution in [0.2, 0.25) is 0 Å². The van der Waals surface area contributed by atoms with Gasteiger partial charge in [0.1, 0.15) is 11.7 Å². The summed E-state index contributed by atoms with van der Waals surface area (Å²) in [5.41, 5.74) is 4.21. The summed E-state index contributed by atoms with van der Waals surface area (Å²) in [7, 11) is 1.73.